The number of carbonyl (C=O) groups is 2. The fourth-order valence-corrected chi connectivity index (χ4v) is 5.71. The Morgan fingerprint density at radius 2 is 1.65 bits per heavy atom. The van der Waals surface area contributed by atoms with Gasteiger partial charge in [0.25, 0.3) is 0 Å². The average molecular weight is 379 g/mol. The van der Waals surface area contributed by atoms with Crippen molar-refractivity contribution in [3.05, 3.63) is 28.8 Å². The van der Waals surface area contributed by atoms with Crippen LogP contribution < -0.4 is 5.32 Å². The summed E-state index contributed by atoms with van der Waals surface area (Å²) in [6.07, 6.45) is 0.884. The maximum absolute atomic E-state index is 13.1. The standard InChI is InChI=1S/C18H25N3O4S/c1-12-10-13(2)17(14(3)11-12)26(24,25)21-8-6-20(7-9-21)18(23)15-4-5-16(22)19-15/h10-11,15H,4-9H2,1-3H3,(H,19,22)/t15-/m1/s1. The highest BCUT2D eigenvalue weighted by molar-refractivity contribution is 7.89. The highest BCUT2D eigenvalue weighted by Crippen LogP contribution is 2.26. The van der Waals surface area contributed by atoms with Crippen molar-refractivity contribution in [3.8, 4) is 0 Å². The van der Waals surface area contributed by atoms with Gasteiger partial charge < -0.3 is 10.2 Å². The van der Waals surface area contributed by atoms with Crippen LogP contribution in [0.2, 0.25) is 0 Å². The zero-order valence-corrected chi connectivity index (χ0v) is 16.2. The predicted octanol–water partition coefficient (Wildman–Crippen LogP) is 0.723. The van der Waals surface area contributed by atoms with E-state index < -0.39 is 16.1 Å². The Labute approximate surface area is 154 Å². The second-order valence-electron chi connectivity index (χ2n) is 7.12. The number of hydrogen-bond acceptors (Lipinski definition) is 4. The van der Waals surface area contributed by atoms with Gasteiger partial charge in [0.05, 0.1) is 4.90 Å². The summed E-state index contributed by atoms with van der Waals surface area (Å²) >= 11 is 0. The first-order chi connectivity index (χ1) is 12.2. The van der Waals surface area contributed by atoms with Crippen LogP contribution in [0.5, 0.6) is 0 Å². The summed E-state index contributed by atoms with van der Waals surface area (Å²) in [7, 11) is -3.59. The van der Waals surface area contributed by atoms with Gasteiger partial charge in [-0.15, -0.1) is 0 Å². The van der Waals surface area contributed by atoms with Crippen LogP contribution >= 0.6 is 0 Å². The highest BCUT2D eigenvalue weighted by atomic mass is 32.2. The number of benzene rings is 1. The third-order valence-corrected chi connectivity index (χ3v) is 7.25. The monoisotopic (exact) mass is 379 g/mol. The number of nitrogens with one attached hydrogen (secondary N) is 1. The van der Waals surface area contributed by atoms with E-state index in [9.17, 15) is 18.0 Å². The zero-order chi connectivity index (χ0) is 19.1. The Morgan fingerprint density at radius 3 is 2.15 bits per heavy atom. The summed E-state index contributed by atoms with van der Waals surface area (Å²) in [6, 6.07) is 3.29. The van der Waals surface area contributed by atoms with Crippen molar-refractivity contribution in [2.75, 3.05) is 26.2 Å². The molecular weight excluding hydrogens is 354 g/mol. The normalized spacial score (nSPS) is 21.7. The van der Waals surface area contributed by atoms with Crippen LogP contribution in [0.25, 0.3) is 0 Å². The molecule has 2 amide bonds. The molecule has 26 heavy (non-hydrogen) atoms. The SMILES string of the molecule is Cc1cc(C)c(S(=O)(=O)N2CCN(C(=O)[C@H]3CCC(=O)N3)CC2)c(C)c1. The Kier molecular flexibility index (Phi) is 5.07. The van der Waals surface area contributed by atoms with Gasteiger partial charge in [0.1, 0.15) is 6.04 Å². The number of sulfonamides is 1. The lowest BCUT2D eigenvalue weighted by atomic mass is 10.1. The fraction of sp³-hybridized carbons (Fsp3) is 0.556. The maximum Gasteiger partial charge on any atom is 0.245 e. The van der Waals surface area contributed by atoms with Gasteiger partial charge in [0, 0.05) is 32.6 Å². The van der Waals surface area contributed by atoms with Gasteiger partial charge in [0.2, 0.25) is 21.8 Å². The largest absolute Gasteiger partial charge is 0.344 e. The summed E-state index contributed by atoms with van der Waals surface area (Å²) in [5, 5.41) is 2.68. The van der Waals surface area contributed by atoms with Crippen molar-refractivity contribution in [2.24, 2.45) is 0 Å². The topological polar surface area (TPSA) is 86.8 Å². The number of amides is 2. The summed E-state index contributed by atoms with van der Waals surface area (Å²) in [6.45, 7) is 6.79. The van der Waals surface area contributed by atoms with E-state index in [2.05, 4.69) is 5.32 Å². The smallest absolute Gasteiger partial charge is 0.245 e. The van der Waals surface area contributed by atoms with Crippen LogP contribution in [-0.4, -0.2) is 61.7 Å². The lowest BCUT2D eigenvalue weighted by Gasteiger charge is -2.35. The third-order valence-electron chi connectivity index (χ3n) is 5.05. The Balaban J connectivity index is 1.71. The average Bonchev–Trinajstić information content (AvgIpc) is 2.99. The molecule has 0 bridgehead atoms. The third kappa shape index (κ3) is 3.48. The van der Waals surface area contributed by atoms with E-state index in [0.29, 0.717) is 30.8 Å². The molecule has 2 aliphatic heterocycles. The Hall–Kier alpha value is -1.93. The molecule has 0 aromatic heterocycles. The van der Waals surface area contributed by atoms with E-state index in [0.717, 1.165) is 16.7 Å². The van der Waals surface area contributed by atoms with Crippen LogP contribution in [0.3, 0.4) is 0 Å². The molecule has 8 heteroatoms. The summed E-state index contributed by atoms with van der Waals surface area (Å²) in [5.74, 6) is -0.217. The molecule has 0 radical (unpaired) electrons. The van der Waals surface area contributed by atoms with Gasteiger partial charge in [-0.25, -0.2) is 8.42 Å². The van der Waals surface area contributed by atoms with E-state index >= 15 is 0 Å². The maximum atomic E-state index is 13.1. The van der Waals surface area contributed by atoms with Crippen molar-refractivity contribution in [1.29, 1.82) is 0 Å². The number of nitrogens with zero attached hydrogens (tertiary/aromatic N) is 2. The van der Waals surface area contributed by atoms with Crippen molar-refractivity contribution >= 4 is 21.8 Å². The first-order valence-corrected chi connectivity index (χ1v) is 10.3. The van der Waals surface area contributed by atoms with E-state index in [1.807, 2.05) is 32.9 Å². The molecule has 0 spiro atoms. The Morgan fingerprint density at radius 1 is 1.08 bits per heavy atom. The summed E-state index contributed by atoms with van der Waals surface area (Å²) in [4.78, 5) is 25.8. The predicted molar refractivity (Wildman–Crippen MR) is 97.2 cm³/mol. The molecular formula is C18H25N3O4S. The van der Waals surface area contributed by atoms with E-state index in [-0.39, 0.29) is 24.9 Å². The molecule has 2 aliphatic rings. The van der Waals surface area contributed by atoms with Gasteiger partial charge in [-0.2, -0.15) is 4.31 Å². The molecule has 0 aliphatic carbocycles. The van der Waals surface area contributed by atoms with Gasteiger partial charge in [0.15, 0.2) is 0 Å². The van der Waals surface area contributed by atoms with Crippen LogP contribution in [0, 0.1) is 20.8 Å². The van der Waals surface area contributed by atoms with E-state index in [4.69, 9.17) is 0 Å². The van der Waals surface area contributed by atoms with Crippen molar-refractivity contribution < 1.29 is 18.0 Å². The minimum atomic E-state index is -3.59. The molecule has 1 N–H and O–H groups in total. The number of aryl methyl sites for hydroxylation is 3. The van der Waals surface area contributed by atoms with Crippen LogP contribution in [0.1, 0.15) is 29.5 Å². The molecule has 1 aromatic rings. The summed E-state index contributed by atoms with van der Waals surface area (Å²) in [5.41, 5.74) is 2.53. The second kappa shape index (κ2) is 7.00. The highest BCUT2D eigenvalue weighted by Gasteiger charge is 2.35. The number of carbonyl (C=O) groups excluding carboxylic acids is 2. The van der Waals surface area contributed by atoms with Gasteiger partial charge in [-0.3, -0.25) is 9.59 Å². The molecule has 7 nitrogen and oxygen atoms in total. The molecule has 2 heterocycles. The molecule has 2 saturated heterocycles. The molecule has 3 rings (SSSR count). The first kappa shape index (κ1) is 18.8. The van der Waals surface area contributed by atoms with E-state index in [1.165, 1.54) is 4.31 Å². The second-order valence-corrected chi connectivity index (χ2v) is 8.99. The van der Waals surface area contributed by atoms with Crippen LogP contribution in [0.15, 0.2) is 17.0 Å². The molecule has 142 valence electrons. The quantitative estimate of drug-likeness (QED) is 0.839. The molecule has 0 saturated carbocycles. The van der Waals surface area contributed by atoms with Gasteiger partial charge in [-0.05, 0) is 38.3 Å². The lowest BCUT2D eigenvalue weighted by molar-refractivity contribution is -0.135. The number of hydrogen-bond donors (Lipinski definition) is 1. The zero-order valence-electron chi connectivity index (χ0n) is 15.4. The number of rotatable bonds is 3. The van der Waals surface area contributed by atoms with E-state index in [1.54, 1.807) is 4.90 Å². The van der Waals surface area contributed by atoms with Crippen LogP contribution in [0.4, 0.5) is 0 Å². The first-order valence-electron chi connectivity index (χ1n) is 8.86. The molecule has 0 unspecified atom stereocenters. The van der Waals surface area contributed by atoms with Gasteiger partial charge in [-0.1, -0.05) is 17.7 Å². The molecule has 2 fully saturated rings. The molecule has 1 atom stereocenters. The molecule has 1 aromatic carbocycles. The lowest BCUT2D eigenvalue weighted by Crippen LogP contribution is -2.54. The number of piperazine rings is 1. The van der Waals surface area contributed by atoms with Crippen LogP contribution in [-0.2, 0) is 19.6 Å². The Bertz CT molecular complexity index is 819. The van der Waals surface area contributed by atoms with Gasteiger partial charge >= 0.3 is 0 Å². The minimum Gasteiger partial charge on any atom is -0.344 e. The van der Waals surface area contributed by atoms with Crippen molar-refractivity contribution in [1.82, 2.24) is 14.5 Å². The van der Waals surface area contributed by atoms with Crippen molar-refractivity contribution in [3.63, 3.8) is 0 Å². The fourth-order valence-electron chi connectivity index (χ4n) is 3.87. The summed E-state index contributed by atoms with van der Waals surface area (Å²) < 4.78 is 27.6. The van der Waals surface area contributed by atoms with Crippen molar-refractivity contribution in [2.45, 2.75) is 44.6 Å². The minimum absolute atomic E-state index is 0.102.